The number of hydrogen-bond acceptors (Lipinski definition) is 4. The minimum atomic E-state index is -0.845. The Morgan fingerprint density at radius 3 is 2.55 bits per heavy atom. The first-order valence-corrected chi connectivity index (χ1v) is 8.22. The van der Waals surface area contributed by atoms with E-state index in [0.717, 1.165) is 30.3 Å². The number of carboxylic acids is 1. The number of anilines is 1. The summed E-state index contributed by atoms with van der Waals surface area (Å²) in [7, 11) is 0. The van der Waals surface area contributed by atoms with E-state index >= 15 is 0 Å². The Morgan fingerprint density at radius 1 is 1.45 bits per heavy atom. The third-order valence-electron chi connectivity index (χ3n) is 4.05. The van der Waals surface area contributed by atoms with Crippen LogP contribution in [0.15, 0.2) is 0 Å². The maximum Gasteiger partial charge on any atom is 0.347 e. The summed E-state index contributed by atoms with van der Waals surface area (Å²) in [4.78, 5) is 18.8. The molecule has 0 spiro atoms. The molecule has 0 saturated carbocycles. The SMILES string of the molecule is CCC(C)c1nc(N2CC(C)CC(C)C2)sc1C(=O)O. The highest BCUT2D eigenvalue weighted by atomic mass is 32.1. The van der Waals surface area contributed by atoms with Crippen molar-refractivity contribution in [3.8, 4) is 0 Å². The Balaban J connectivity index is 2.30. The fraction of sp³-hybridized carbons (Fsp3) is 0.733. The van der Waals surface area contributed by atoms with E-state index in [1.807, 2.05) is 6.92 Å². The number of carboxylic acid groups (broad SMARTS) is 1. The van der Waals surface area contributed by atoms with Gasteiger partial charge in [-0.15, -0.1) is 0 Å². The molecule has 1 N–H and O–H groups in total. The van der Waals surface area contributed by atoms with Gasteiger partial charge in [0.2, 0.25) is 0 Å². The normalized spacial score (nSPS) is 24.7. The lowest BCUT2D eigenvalue weighted by Crippen LogP contribution is -2.38. The second-order valence-corrected chi connectivity index (χ2v) is 7.15. The molecule has 1 fully saturated rings. The average Bonchev–Trinajstić information content (AvgIpc) is 2.81. The highest BCUT2D eigenvalue weighted by Gasteiger charge is 2.27. The van der Waals surface area contributed by atoms with Gasteiger partial charge < -0.3 is 10.0 Å². The van der Waals surface area contributed by atoms with E-state index < -0.39 is 5.97 Å². The first kappa shape index (κ1) is 15.3. The Hall–Kier alpha value is -1.10. The summed E-state index contributed by atoms with van der Waals surface area (Å²) in [6.45, 7) is 10.6. The topological polar surface area (TPSA) is 53.4 Å². The molecule has 0 aromatic carbocycles. The van der Waals surface area contributed by atoms with Gasteiger partial charge in [-0.3, -0.25) is 0 Å². The van der Waals surface area contributed by atoms with Crippen LogP contribution in [-0.4, -0.2) is 29.1 Å². The van der Waals surface area contributed by atoms with Crippen LogP contribution in [-0.2, 0) is 0 Å². The van der Waals surface area contributed by atoms with Crippen molar-refractivity contribution in [3.05, 3.63) is 10.6 Å². The lowest BCUT2D eigenvalue weighted by atomic mass is 9.92. The Kier molecular flexibility index (Phi) is 4.68. The quantitative estimate of drug-likeness (QED) is 0.917. The van der Waals surface area contributed by atoms with E-state index in [2.05, 4.69) is 30.7 Å². The van der Waals surface area contributed by atoms with Gasteiger partial charge in [-0.1, -0.05) is 39.0 Å². The molecule has 1 aliphatic rings. The third kappa shape index (κ3) is 3.14. The zero-order valence-corrected chi connectivity index (χ0v) is 13.5. The van der Waals surface area contributed by atoms with Crippen molar-refractivity contribution in [2.45, 2.75) is 46.5 Å². The van der Waals surface area contributed by atoms with Crippen LogP contribution in [0.1, 0.15) is 61.8 Å². The molecular formula is C15H24N2O2S. The molecule has 3 unspecified atom stereocenters. The summed E-state index contributed by atoms with van der Waals surface area (Å²) in [6, 6.07) is 0. The highest BCUT2D eigenvalue weighted by Crippen LogP contribution is 2.34. The van der Waals surface area contributed by atoms with Crippen LogP contribution in [0.3, 0.4) is 0 Å². The zero-order valence-electron chi connectivity index (χ0n) is 12.7. The van der Waals surface area contributed by atoms with Crippen LogP contribution in [0.5, 0.6) is 0 Å². The minimum Gasteiger partial charge on any atom is -0.477 e. The van der Waals surface area contributed by atoms with Crippen molar-refractivity contribution in [1.82, 2.24) is 4.98 Å². The van der Waals surface area contributed by atoms with Gasteiger partial charge >= 0.3 is 5.97 Å². The van der Waals surface area contributed by atoms with Crippen LogP contribution >= 0.6 is 11.3 Å². The smallest absolute Gasteiger partial charge is 0.347 e. The molecule has 3 atom stereocenters. The number of rotatable bonds is 4. The number of piperidine rings is 1. The predicted molar refractivity (Wildman–Crippen MR) is 82.9 cm³/mol. The summed E-state index contributed by atoms with van der Waals surface area (Å²) in [5, 5.41) is 10.3. The highest BCUT2D eigenvalue weighted by molar-refractivity contribution is 7.17. The number of aromatic nitrogens is 1. The predicted octanol–water partition coefficient (Wildman–Crippen LogP) is 3.84. The fourth-order valence-corrected chi connectivity index (χ4v) is 4.00. The summed E-state index contributed by atoms with van der Waals surface area (Å²) in [6.07, 6.45) is 2.15. The van der Waals surface area contributed by atoms with Crippen molar-refractivity contribution < 1.29 is 9.90 Å². The van der Waals surface area contributed by atoms with E-state index in [1.165, 1.54) is 17.8 Å². The molecule has 0 radical (unpaired) electrons. The standard InChI is InChI=1S/C15H24N2O2S/c1-5-11(4)12-13(14(18)19)20-15(16-12)17-7-9(2)6-10(3)8-17/h9-11H,5-8H2,1-4H3,(H,18,19). The van der Waals surface area contributed by atoms with E-state index in [1.54, 1.807) is 0 Å². The van der Waals surface area contributed by atoms with E-state index in [0.29, 0.717) is 16.7 Å². The molecule has 1 aromatic heterocycles. The number of aromatic carboxylic acids is 1. The first-order valence-electron chi connectivity index (χ1n) is 7.41. The van der Waals surface area contributed by atoms with Crippen molar-refractivity contribution in [2.75, 3.05) is 18.0 Å². The van der Waals surface area contributed by atoms with E-state index in [-0.39, 0.29) is 5.92 Å². The van der Waals surface area contributed by atoms with Gasteiger partial charge in [0.25, 0.3) is 0 Å². The fourth-order valence-electron chi connectivity index (χ4n) is 2.96. The molecule has 112 valence electrons. The van der Waals surface area contributed by atoms with Crippen molar-refractivity contribution >= 4 is 22.4 Å². The monoisotopic (exact) mass is 296 g/mol. The molecule has 4 nitrogen and oxygen atoms in total. The molecule has 2 heterocycles. The molecule has 1 saturated heterocycles. The largest absolute Gasteiger partial charge is 0.477 e. The van der Waals surface area contributed by atoms with Gasteiger partial charge in [0.05, 0.1) is 5.69 Å². The number of thiazole rings is 1. The van der Waals surface area contributed by atoms with Gasteiger partial charge in [-0.05, 0) is 30.6 Å². The van der Waals surface area contributed by atoms with E-state index in [9.17, 15) is 9.90 Å². The van der Waals surface area contributed by atoms with Gasteiger partial charge in [-0.25, -0.2) is 9.78 Å². The van der Waals surface area contributed by atoms with Crippen molar-refractivity contribution in [3.63, 3.8) is 0 Å². The van der Waals surface area contributed by atoms with Gasteiger partial charge in [0.1, 0.15) is 4.88 Å². The zero-order chi connectivity index (χ0) is 14.9. The molecule has 0 amide bonds. The van der Waals surface area contributed by atoms with Gasteiger partial charge in [0.15, 0.2) is 5.13 Å². The Morgan fingerprint density at radius 2 is 2.05 bits per heavy atom. The maximum absolute atomic E-state index is 11.4. The minimum absolute atomic E-state index is 0.200. The van der Waals surface area contributed by atoms with Gasteiger partial charge in [-0.2, -0.15) is 0 Å². The summed E-state index contributed by atoms with van der Waals surface area (Å²) < 4.78 is 0. The Bertz CT molecular complexity index is 476. The Labute approximate surface area is 124 Å². The van der Waals surface area contributed by atoms with Crippen LogP contribution in [0.25, 0.3) is 0 Å². The lowest BCUT2D eigenvalue weighted by molar-refractivity contribution is 0.0700. The number of carbonyl (C=O) groups is 1. The molecule has 1 aromatic rings. The molecule has 1 aliphatic heterocycles. The third-order valence-corrected chi connectivity index (χ3v) is 5.17. The van der Waals surface area contributed by atoms with Crippen molar-refractivity contribution in [2.24, 2.45) is 11.8 Å². The van der Waals surface area contributed by atoms with Crippen LogP contribution in [0.4, 0.5) is 5.13 Å². The molecule has 0 bridgehead atoms. The van der Waals surface area contributed by atoms with Crippen LogP contribution in [0, 0.1) is 11.8 Å². The summed E-state index contributed by atoms with van der Waals surface area (Å²) >= 11 is 1.34. The molecular weight excluding hydrogens is 272 g/mol. The van der Waals surface area contributed by atoms with Crippen LogP contribution in [0.2, 0.25) is 0 Å². The molecule has 5 heteroatoms. The summed E-state index contributed by atoms with van der Waals surface area (Å²) in [5.74, 6) is 0.638. The lowest BCUT2D eigenvalue weighted by Gasteiger charge is -2.34. The van der Waals surface area contributed by atoms with Crippen LogP contribution < -0.4 is 4.90 Å². The number of nitrogens with zero attached hydrogens (tertiary/aromatic N) is 2. The average molecular weight is 296 g/mol. The van der Waals surface area contributed by atoms with Crippen molar-refractivity contribution in [1.29, 1.82) is 0 Å². The maximum atomic E-state index is 11.4. The second kappa shape index (κ2) is 6.12. The molecule has 2 rings (SSSR count). The summed E-state index contributed by atoms with van der Waals surface area (Å²) in [5.41, 5.74) is 0.755. The first-order chi connectivity index (χ1) is 9.42. The number of hydrogen-bond donors (Lipinski definition) is 1. The second-order valence-electron chi connectivity index (χ2n) is 6.18. The van der Waals surface area contributed by atoms with E-state index in [4.69, 9.17) is 0 Å². The molecule has 0 aliphatic carbocycles. The molecule has 20 heavy (non-hydrogen) atoms. The van der Waals surface area contributed by atoms with Gasteiger partial charge in [0, 0.05) is 13.1 Å².